The lowest BCUT2D eigenvalue weighted by Crippen LogP contribution is -2.47. The zero-order valence-corrected chi connectivity index (χ0v) is 18.0. The van der Waals surface area contributed by atoms with Gasteiger partial charge >= 0.3 is 0 Å². The summed E-state index contributed by atoms with van der Waals surface area (Å²) in [5.74, 6) is 2.39. The summed E-state index contributed by atoms with van der Waals surface area (Å²) in [6, 6.07) is 11.9. The van der Waals surface area contributed by atoms with E-state index in [0.29, 0.717) is 24.1 Å². The fraction of sp³-hybridized carbons (Fsp3) is 0.348. The van der Waals surface area contributed by atoms with Gasteiger partial charge in [-0.05, 0) is 29.3 Å². The normalized spacial score (nSPS) is 16.2. The molecular weight excluding hydrogens is 414 g/mol. The molecule has 2 aromatic heterocycles. The predicted molar refractivity (Wildman–Crippen MR) is 120 cm³/mol. The van der Waals surface area contributed by atoms with Crippen molar-refractivity contribution in [2.75, 3.05) is 42.6 Å². The van der Waals surface area contributed by atoms with E-state index in [1.54, 1.807) is 12.4 Å². The van der Waals surface area contributed by atoms with Gasteiger partial charge in [0.25, 0.3) is 0 Å². The van der Waals surface area contributed by atoms with Crippen LogP contribution in [0.2, 0.25) is 5.02 Å². The first-order valence-electron chi connectivity index (χ1n) is 10.5. The molecule has 0 radical (unpaired) electrons. The fourth-order valence-corrected chi connectivity index (χ4v) is 4.12. The van der Waals surface area contributed by atoms with E-state index < -0.39 is 0 Å². The highest BCUT2D eigenvalue weighted by molar-refractivity contribution is 6.30. The van der Waals surface area contributed by atoms with Gasteiger partial charge in [-0.2, -0.15) is 4.98 Å². The van der Waals surface area contributed by atoms with Crippen LogP contribution < -0.4 is 14.5 Å². The first kappa shape index (κ1) is 20.0. The quantitative estimate of drug-likeness (QED) is 0.605. The highest BCUT2D eigenvalue weighted by Gasteiger charge is 2.21. The summed E-state index contributed by atoms with van der Waals surface area (Å²) in [6.45, 7) is 5.32. The third kappa shape index (κ3) is 4.73. The minimum absolute atomic E-state index is 0.404. The van der Waals surface area contributed by atoms with Crippen LogP contribution in [0, 0.1) is 0 Å². The van der Waals surface area contributed by atoms with Crippen molar-refractivity contribution in [3.8, 4) is 5.88 Å². The SMILES string of the molecule is Clc1cccc(COc2cncc(N3CCN(c4ccc5c(n4)CCOC5)CC3)n2)c1. The highest BCUT2D eigenvalue weighted by Crippen LogP contribution is 2.23. The first-order chi connectivity index (χ1) is 15.2. The van der Waals surface area contributed by atoms with Crippen molar-refractivity contribution in [1.82, 2.24) is 15.0 Å². The van der Waals surface area contributed by atoms with Crippen LogP contribution >= 0.6 is 11.6 Å². The van der Waals surface area contributed by atoms with E-state index in [-0.39, 0.29) is 0 Å². The van der Waals surface area contributed by atoms with Crippen LogP contribution in [-0.2, 0) is 24.4 Å². The minimum Gasteiger partial charge on any atom is -0.472 e. The number of rotatable bonds is 5. The average Bonchev–Trinajstić information content (AvgIpc) is 2.83. The Hall–Kier alpha value is -2.90. The molecule has 3 aromatic rings. The maximum absolute atomic E-state index is 6.04. The molecule has 1 fully saturated rings. The zero-order valence-electron chi connectivity index (χ0n) is 17.2. The molecule has 0 unspecified atom stereocenters. The molecule has 0 saturated carbocycles. The lowest BCUT2D eigenvalue weighted by molar-refractivity contribution is 0.109. The van der Waals surface area contributed by atoms with Crippen LogP contribution in [0.25, 0.3) is 0 Å². The van der Waals surface area contributed by atoms with Crippen LogP contribution in [0.1, 0.15) is 16.8 Å². The van der Waals surface area contributed by atoms with E-state index in [1.165, 1.54) is 11.3 Å². The lowest BCUT2D eigenvalue weighted by atomic mass is 10.1. The molecule has 8 heteroatoms. The second kappa shape index (κ2) is 9.08. The number of pyridine rings is 1. The average molecular weight is 438 g/mol. The Morgan fingerprint density at radius 1 is 0.968 bits per heavy atom. The van der Waals surface area contributed by atoms with Gasteiger partial charge in [-0.1, -0.05) is 29.8 Å². The number of fused-ring (bicyclic) bond motifs is 1. The van der Waals surface area contributed by atoms with E-state index >= 15 is 0 Å². The summed E-state index contributed by atoms with van der Waals surface area (Å²) in [5, 5.41) is 0.695. The Labute approximate surface area is 186 Å². The van der Waals surface area contributed by atoms with Crippen LogP contribution in [0.4, 0.5) is 11.6 Å². The second-order valence-electron chi connectivity index (χ2n) is 7.69. The third-order valence-electron chi connectivity index (χ3n) is 5.60. The summed E-state index contributed by atoms with van der Waals surface area (Å²) in [4.78, 5) is 18.4. The van der Waals surface area contributed by atoms with Gasteiger partial charge in [0.05, 0.1) is 31.3 Å². The fourth-order valence-electron chi connectivity index (χ4n) is 3.90. The smallest absolute Gasteiger partial charge is 0.234 e. The molecule has 2 aliphatic heterocycles. The first-order valence-corrected chi connectivity index (χ1v) is 10.9. The zero-order chi connectivity index (χ0) is 21.0. The van der Waals surface area contributed by atoms with E-state index in [4.69, 9.17) is 26.1 Å². The Morgan fingerprint density at radius 3 is 2.65 bits per heavy atom. The van der Waals surface area contributed by atoms with Crippen molar-refractivity contribution in [3.05, 3.63) is 70.6 Å². The molecule has 5 rings (SSSR count). The molecule has 0 atom stereocenters. The molecule has 160 valence electrons. The van der Waals surface area contributed by atoms with E-state index in [1.807, 2.05) is 24.3 Å². The van der Waals surface area contributed by atoms with E-state index in [0.717, 1.165) is 56.4 Å². The number of hydrogen-bond donors (Lipinski definition) is 0. The number of piperazine rings is 1. The largest absolute Gasteiger partial charge is 0.472 e. The van der Waals surface area contributed by atoms with Gasteiger partial charge in [0.2, 0.25) is 5.88 Å². The predicted octanol–water partition coefficient (Wildman–Crippen LogP) is 3.50. The van der Waals surface area contributed by atoms with Crippen molar-refractivity contribution in [1.29, 1.82) is 0 Å². The molecule has 0 bridgehead atoms. The van der Waals surface area contributed by atoms with Crippen molar-refractivity contribution >= 4 is 23.2 Å². The van der Waals surface area contributed by atoms with Gasteiger partial charge in [-0.15, -0.1) is 0 Å². The Kier molecular flexibility index (Phi) is 5.86. The van der Waals surface area contributed by atoms with Crippen molar-refractivity contribution < 1.29 is 9.47 Å². The molecule has 0 amide bonds. The van der Waals surface area contributed by atoms with E-state index in [9.17, 15) is 0 Å². The monoisotopic (exact) mass is 437 g/mol. The number of aromatic nitrogens is 3. The summed E-state index contributed by atoms with van der Waals surface area (Å²) in [5.41, 5.74) is 3.37. The summed E-state index contributed by atoms with van der Waals surface area (Å²) in [7, 11) is 0. The molecular formula is C23H24ClN5O2. The summed E-state index contributed by atoms with van der Waals surface area (Å²) < 4.78 is 11.3. The minimum atomic E-state index is 0.404. The molecule has 1 aromatic carbocycles. The standard InChI is InChI=1S/C23H24ClN5O2/c24-19-3-1-2-17(12-19)15-31-23-14-25-13-22(27-23)29-9-7-28(8-10-29)21-5-4-18-16-30-11-6-20(18)26-21/h1-5,12-14H,6-11,15-16H2. The lowest BCUT2D eigenvalue weighted by Gasteiger charge is -2.36. The number of benzene rings is 1. The number of nitrogens with zero attached hydrogens (tertiary/aromatic N) is 5. The highest BCUT2D eigenvalue weighted by atomic mass is 35.5. The number of anilines is 2. The molecule has 4 heterocycles. The maximum Gasteiger partial charge on any atom is 0.234 e. The van der Waals surface area contributed by atoms with E-state index in [2.05, 4.69) is 31.9 Å². The topological polar surface area (TPSA) is 63.6 Å². The molecule has 0 N–H and O–H groups in total. The molecule has 0 spiro atoms. The van der Waals surface area contributed by atoms with Crippen LogP contribution in [-0.4, -0.2) is 47.7 Å². The summed E-state index contributed by atoms with van der Waals surface area (Å²) >= 11 is 6.04. The van der Waals surface area contributed by atoms with Gasteiger partial charge < -0.3 is 19.3 Å². The molecule has 2 aliphatic rings. The maximum atomic E-state index is 6.04. The van der Waals surface area contributed by atoms with Gasteiger partial charge in [0, 0.05) is 37.6 Å². The molecule has 0 aliphatic carbocycles. The van der Waals surface area contributed by atoms with Crippen molar-refractivity contribution in [2.45, 2.75) is 19.6 Å². The third-order valence-corrected chi connectivity index (χ3v) is 5.83. The Balaban J connectivity index is 1.20. The number of halogens is 1. The Morgan fingerprint density at radius 2 is 1.81 bits per heavy atom. The molecule has 31 heavy (non-hydrogen) atoms. The molecule has 7 nitrogen and oxygen atoms in total. The second-order valence-corrected chi connectivity index (χ2v) is 8.12. The van der Waals surface area contributed by atoms with Crippen LogP contribution in [0.5, 0.6) is 5.88 Å². The van der Waals surface area contributed by atoms with Crippen molar-refractivity contribution in [3.63, 3.8) is 0 Å². The van der Waals surface area contributed by atoms with Gasteiger partial charge in [0.1, 0.15) is 12.4 Å². The summed E-state index contributed by atoms with van der Waals surface area (Å²) in [6.07, 6.45) is 4.32. The Bertz CT molecular complexity index is 1060. The number of ether oxygens (including phenoxy) is 2. The number of hydrogen-bond acceptors (Lipinski definition) is 7. The van der Waals surface area contributed by atoms with Gasteiger partial charge in [0.15, 0.2) is 5.82 Å². The molecule has 1 saturated heterocycles. The van der Waals surface area contributed by atoms with Gasteiger partial charge in [-0.25, -0.2) is 4.98 Å². The van der Waals surface area contributed by atoms with Crippen LogP contribution in [0.3, 0.4) is 0 Å². The van der Waals surface area contributed by atoms with Crippen LogP contribution in [0.15, 0.2) is 48.8 Å². The van der Waals surface area contributed by atoms with Gasteiger partial charge in [-0.3, -0.25) is 4.98 Å². The van der Waals surface area contributed by atoms with Crippen molar-refractivity contribution in [2.24, 2.45) is 0 Å².